The van der Waals surface area contributed by atoms with E-state index in [1.54, 1.807) is 12.1 Å². The first-order chi connectivity index (χ1) is 9.97. The number of benzene rings is 1. The number of aliphatic hydroxyl groups is 1. The Balaban J connectivity index is 1.79. The van der Waals surface area contributed by atoms with Gasteiger partial charge in [-0.15, -0.1) is 0 Å². The minimum atomic E-state index is -0.730. The third kappa shape index (κ3) is 4.93. The molecular weight excluding hydrogens is 268 g/mol. The summed E-state index contributed by atoms with van der Waals surface area (Å²) >= 11 is 0. The first kappa shape index (κ1) is 15.6. The number of rotatable bonds is 5. The maximum atomic E-state index is 11.8. The van der Waals surface area contributed by atoms with Gasteiger partial charge in [-0.05, 0) is 51.0 Å². The van der Waals surface area contributed by atoms with E-state index in [9.17, 15) is 9.90 Å². The molecular formula is C16H24N2O3. The van der Waals surface area contributed by atoms with Crippen molar-refractivity contribution in [3.63, 3.8) is 0 Å². The Bertz CT molecular complexity index is 465. The Morgan fingerprint density at radius 2 is 1.90 bits per heavy atom. The molecule has 0 radical (unpaired) electrons. The highest BCUT2D eigenvalue weighted by Gasteiger charge is 2.31. The summed E-state index contributed by atoms with van der Waals surface area (Å²) in [6.45, 7) is 4.23. The van der Waals surface area contributed by atoms with Gasteiger partial charge in [0.1, 0.15) is 5.75 Å². The summed E-state index contributed by atoms with van der Waals surface area (Å²) in [6.07, 6.45) is 3.69. The van der Waals surface area contributed by atoms with Gasteiger partial charge in [0.25, 0.3) is 0 Å². The van der Waals surface area contributed by atoms with Crippen LogP contribution in [0.4, 0.5) is 10.5 Å². The van der Waals surface area contributed by atoms with Crippen molar-refractivity contribution >= 4 is 11.7 Å². The average Bonchev–Trinajstić information content (AvgIpc) is 2.86. The zero-order chi connectivity index (χ0) is 15.3. The number of urea groups is 1. The first-order valence-electron chi connectivity index (χ1n) is 7.51. The predicted molar refractivity (Wildman–Crippen MR) is 82.6 cm³/mol. The van der Waals surface area contributed by atoms with Crippen LogP contribution in [0.5, 0.6) is 5.75 Å². The molecule has 2 amide bonds. The lowest BCUT2D eigenvalue weighted by Gasteiger charge is -2.22. The molecule has 1 aromatic rings. The van der Waals surface area contributed by atoms with E-state index in [0.717, 1.165) is 31.4 Å². The standard InChI is InChI=1S/C16H24N2O3/c1-12(2)21-14-7-5-13(6-8-14)18-15(19)17-11-16(20)9-3-4-10-16/h5-8,12,20H,3-4,9-11H2,1-2H3,(H2,17,18,19). The van der Waals surface area contributed by atoms with Crippen molar-refractivity contribution in [1.82, 2.24) is 5.32 Å². The third-order valence-electron chi connectivity index (χ3n) is 3.60. The number of hydrogen-bond acceptors (Lipinski definition) is 3. The summed E-state index contributed by atoms with van der Waals surface area (Å²) in [6, 6.07) is 6.93. The summed E-state index contributed by atoms with van der Waals surface area (Å²) in [4.78, 5) is 11.8. The molecule has 3 N–H and O–H groups in total. The second kappa shape index (κ2) is 6.80. The van der Waals surface area contributed by atoms with Gasteiger partial charge in [-0.2, -0.15) is 0 Å². The molecule has 0 aromatic heterocycles. The molecule has 5 heteroatoms. The maximum Gasteiger partial charge on any atom is 0.319 e. The van der Waals surface area contributed by atoms with Crippen LogP contribution in [-0.4, -0.2) is 29.4 Å². The summed E-state index contributed by atoms with van der Waals surface area (Å²) < 4.78 is 5.54. The van der Waals surface area contributed by atoms with E-state index in [1.807, 2.05) is 26.0 Å². The molecule has 0 saturated heterocycles. The van der Waals surface area contributed by atoms with E-state index in [0.29, 0.717) is 12.2 Å². The molecule has 0 aliphatic heterocycles. The van der Waals surface area contributed by atoms with Gasteiger partial charge in [0, 0.05) is 12.2 Å². The van der Waals surface area contributed by atoms with Crippen LogP contribution in [0.1, 0.15) is 39.5 Å². The number of carbonyl (C=O) groups is 1. The molecule has 1 aliphatic rings. The Morgan fingerprint density at radius 1 is 1.29 bits per heavy atom. The van der Waals surface area contributed by atoms with Crippen molar-refractivity contribution in [3.8, 4) is 5.75 Å². The number of hydrogen-bond donors (Lipinski definition) is 3. The second-order valence-corrected chi connectivity index (χ2v) is 5.93. The van der Waals surface area contributed by atoms with Crippen molar-refractivity contribution in [2.24, 2.45) is 0 Å². The van der Waals surface area contributed by atoms with Gasteiger partial charge in [0.2, 0.25) is 0 Å². The molecule has 0 spiro atoms. The van der Waals surface area contributed by atoms with E-state index in [2.05, 4.69) is 10.6 Å². The van der Waals surface area contributed by atoms with E-state index < -0.39 is 5.60 Å². The van der Waals surface area contributed by atoms with Crippen molar-refractivity contribution in [3.05, 3.63) is 24.3 Å². The third-order valence-corrected chi connectivity index (χ3v) is 3.60. The van der Waals surface area contributed by atoms with Crippen molar-refractivity contribution < 1.29 is 14.6 Å². The van der Waals surface area contributed by atoms with Crippen LogP contribution >= 0.6 is 0 Å². The predicted octanol–water partition coefficient (Wildman–Crippen LogP) is 2.90. The molecule has 0 heterocycles. The fraction of sp³-hybridized carbons (Fsp3) is 0.562. The quantitative estimate of drug-likeness (QED) is 0.781. The number of carbonyl (C=O) groups excluding carboxylic acids is 1. The van der Waals surface area contributed by atoms with Crippen LogP contribution in [-0.2, 0) is 0 Å². The smallest absolute Gasteiger partial charge is 0.319 e. The van der Waals surface area contributed by atoms with Crippen LogP contribution < -0.4 is 15.4 Å². The molecule has 1 aromatic carbocycles. The van der Waals surface area contributed by atoms with E-state index in [1.165, 1.54) is 0 Å². The lowest BCUT2D eigenvalue weighted by molar-refractivity contribution is 0.0506. The van der Waals surface area contributed by atoms with Crippen LogP contribution in [0.2, 0.25) is 0 Å². The molecule has 0 atom stereocenters. The fourth-order valence-corrected chi connectivity index (χ4v) is 2.52. The first-order valence-corrected chi connectivity index (χ1v) is 7.51. The zero-order valence-corrected chi connectivity index (χ0v) is 12.7. The molecule has 116 valence electrons. The van der Waals surface area contributed by atoms with Crippen LogP contribution in [0, 0.1) is 0 Å². The number of nitrogens with one attached hydrogen (secondary N) is 2. The minimum Gasteiger partial charge on any atom is -0.491 e. The van der Waals surface area contributed by atoms with Gasteiger partial charge in [-0.25, -0.2) is 4.79 Å². The monoisotopic (exact) mass is 292 g/mol. The molecule has 21 heavy (non-hydrogen) atoms. The van der Waals surface area contributed by atoms with E-state index in [4.69, 9.17) is 4.74 Å². The minimum absolute atomic E-state index is 0.124. The molecule has 5 nitrogen and oxygen atoms in total. The summed E-state index contributed by atoms with van der Waals surface area (Å²) in [5.41, 5.74) is -0.0335. The van der Waals surface area contributed by atoms with Crippen LogP contribution in [0.3, 0.4) is 0 Å². The van der Waals surface area contributed by atoms with E-state index >= 15 is 0 Å². The molecule has 0 bridgehead atoms. The summed E-state index contributed by atoms with van der Waals surface area (Å²) in [5.74, 6) is 0.774. The highest BCUT2D eigenvalue weighted by molar-refractivity contribution is 5.89. The van der Waals surface area contributed by atoms with Gasteiger partial charge >= 0.3 is 6.03 Å². The molecule has 1 saturated carbocycles. The van der Waals surface area contributed by atoms with Crippen molar-refractivity contribution in [2.75, 3.05) is 11.9 Å². The summed E-state index contributed by atoms with van der Waals surface area (Å²) in [5, 5.41) is 15.6. The van der Waals surface area contributed by atoms with Gasteiger partial charge < -0.3 is 20.5 Å². The molecule has 0 unspecified atom stereocenters. The number of anilines is 1. The Labute approximate surface area is 125 Å². The van der Waals surface area contributed by atoms with Crippen LogP contribution in [0.15, 0.2) is 24.3 Å². The highest BCUT2D eigenvalue weighted by Crippen LogP contribution is 2.28. The normalized spacial score (nSPS) is 16.8. The van der Waals surface area contributed by atoms with Gasteiger partial charge in [0.05, 0.1) is 11.7 Å². The number of amides is 2. The zero-order valence-electron chi connectivity index (χ0n) is 12.7. The van der Waals surface area contributed by atoms with E-state index in [-0.39, 0.29) is 12.1 Å². The molecule has 1 fully saturated rings. The van der Waals surface area contributed by atoms with Crippen molar-refractivity contribution in [2.45, 2.75) is 51.2 Å². The van der Waals surface area contributed by atoms with Gasteiger partial charge in [-0.1, -0.05) is 12.8 Å². The molecule has 1 aliphatic carbocycles. The van der Waals surface area contributed by atoms with Crippen molar-refractivity contribution in [1.29, 1.82) is 0 Å². The van der Waals surface area contributed by atoms with Gasteiger partial charge in [-0.3, -0.25) is 0 Å². The number of ether oxygens (including phenoxy) is 1. The Kier molecular flexibility index (Phi) is 5.07. The lowest BCUT2D eigenvalue weighted by atomic mass is 10.0. The Hall–Kier alpha value is -1.75. The topological polar surface area (TPSA) is 70.6 Å². The highest BCUT2D eigenvalue weighted by atomic mass is 16.5. The lowest BCUT2D eigenvalue weighted by Crippen LogP contribution is -2.42. The maximum absolute atomic E-state index is 11.8. The Morgan fingerprint density at radius 3 is 2.48 bits per heavy atom. The largest absolute Gasteiger partial charge is 0.491 e. The SMILES string of the molecule is CC(C)Oc1ccc(NC(=O)NCC2(O)CCCC2)cc1. The van der Waals surface area contributed by atoms with Gasteiger partial charge in [0.15, 0.2) is 0 Å². The second-order valence-electron chi connectivity index (χ2n) is 5.93. The van der Waals surface area contributed by atoms with Crippen LogP contribution in [0.25, 0.3) is 0 Å². The average molecular weight is 292 g/mol. The fourth-order valence-electron chi connectivity index (χ4n) is 2.52. The molecule has 2 rings (SSSR count). The summed E-state index contributed by atoms with van der Waals surface area (Å²) in [7, 11) is 0.